The highest BCUT2D eigenvalue weighted by molar-refractivity contribution is 7.90. The smallest absolute Gasteiger partial charge is 0.284 e. The van der Waals surface area contributed by atoms with E-state index in [9.17, 15) is 8.42 Å². The number of hydrogen-bond acceptors (Lipinski definition) is 5. The number of nitrogens with one attached hydrogen (secondary N) is 1. The number of amidine groups is 1. The Balaban J connectivity index is 1.56. The van der Waals surface area contributed by atoms with Crippen molar-refractivity contribution in [3.63, 3.8) is 0 Å². The Morgan fingerprint density at radius 1 is 0.875 bits per heavy atom. The lowest BCUT2D eigenvalue weighted by molar-refractivity contribution is 0.375. The van der Waals surface area contributed by atoms with Crippen molar-refractivity contribution in [1.82, 2.24) is 5.01 Å². The van der Waals surface area contributed by atoms with Crippen LogP contribution >= 0.6 is 23.2 Å². The van der Waals surface area contributed by atoms with Crippen molar-refractivity contribution in [3.8, 4) is 5.75 Å². The molecule has 0 aromatic heterocycles. The predicted octanol–water partition coefficient (Wildman–Crippen LogP) is 6.68. The lowest BCUT2D eigenvalue weighted by atomic mass is 9.90. The number of halogens is 2. The molecule has 0 bridgehead atoms. The highest BCUT2D eigenvalue weighted by Crippen LogP contribution is 2.30. The molecule has 40 heavy (non-hydrogen) atoms. The van der Waals surface area contributed by atoms with Crippen LogP contribution in [0, 0.1) is 5.41 Å². The van der Waals surface area contributed by atoms with Gasteiger partial charge in [0.05, 0.1) is 17.2 Å². The molecule has 0 fully saturated rings. The van der Waals surface area contributed by atoms with Gasteiger partial charge in [0.25, 0.3) is 10.0 Å². The highest BCUT2D eigenvalue weighted by Gasteiger charge is 2.34. The average molecular weight is 592 g/mol. The second kappa shape index (κ2) is 12.0. The predicted molar refractivity (Wildman–Crippen MR) is 160 cm³/mol. The van der Waals surface area contributed by atoms with Crippen LogP contribution in [0.3, 0.4) is 0 Å². The van der Waals surface area contributed by atoms with Crippen molar-refractivity contribution in [1.29, 1.82) is 5.41 Å². The Bertz CT molecular complexity index is 1660. The van der Waals surface area contributed by atoms with E-state index in [1.165, 1.54) is 29.3 Å². The molecule has 0 amide bonds. The van der Waals surface area contributed by atoms with Gasteiger partial charge in [0, 0.05) is 16.0 Å². The van der Waals surface area contributed by atoms with E-state index in [2.05, 4.69) is 4.40 Å². The minimum absolute atomic E-state index is 0.0492. The van der Waals surface area contributed by atoms with Crippen molar-refractivity contribution < 1.29 is 13.2 Å². The first-order valence-electron chi connectivity index (χ1n) is 12.3. The Morgan fingerprint density at radius 3 is 2.08 bits per heavy atom. The molecule has 1 N–H and O–H groups in total. The molecule has 4 aromatic rings. The van der Waals surface area contributed by atoms with Gasteiger partial charge in [-0.15, -0.1) is 4.40 Å². The first kappa shape index (κ1) is 27.6. The first-order valence-corrected chi connectivity index (χ1v) is 14.5. The molecule has 0 radical (unpaired) electrons. The molecule has 5 rings (SSSR count). The molecular weight excluding hydrogens is 567 g/mol. The minimum atomic E-state index is -4.21. The zero-order valence-electron chi connectivity index (χ0n) is 21.1. The molecule has 0 saturated heterocycles. The normalized spacial score (nSPS) is 15.6. The standard InChI is InChI=1S/C30H24Cl2N4O3S/c31-23-13-11-22(12-14-23)29-27(21-7-3-1-4-8-21)19-36(34-29)30(28(33)20-39-25-9-5-2-6-10-25)35-40(37,38)26-17-15-24(32)16-18-26/h1-18,27,33H,19-20H2/b33-28?,35-30+. The van der Waals surface area contributed by atoms with E-state index in [-0.39, 0.29) is 35.5 Å². The van der Waals surface area contributed by atoms with Crippen LogP contribution in [0.1, 0.15) is 17.0 Å². The van der Waals surface area contributed by atoms with Crippen molar-refractivity contribution in [2.75, 3.05) is 13.2 Å². The third-order valence-electron chi connectivity index (χ3n) is 6.21. The number of hydrogen-bond donors (Lipinski definition) is 1. The average Bonchev–Trinajstić information content (AvgIpc) is 3.41. The van der Waals surface area contributed by atoms with E-state index < -0.39 is 10.0 Å². The summed E-state index contributed by atoms with van der Waals surface area (Å²) in [6, 6.07) is 31.8. The fourth-order valence-corrected chi connectivity index (χ4v) is 5.50. The van der Waals surface area contributed by atoms with E-state index in [4.69, 9.17) is 38.4 Å². The maximum absolute atomic E-state index is 13.4. The largest absolute Gasteiger partial charge is 0.487 e. The molecule has 4 aromatic carbocycles. The third kappa shape index (κ3) is 6.42. The van der Waals surface area contributed by atoms with E-state index in [0.29, 0.717) is 21.5 Å². The summed E-state index contributed by atoms with van der Waals surface area (Å²) in [6.07, 6.45) is 0. The van der Waals surface area contributed by atoms with Gasteiger partial charge in [0.1, 0.15) is 18.1 Å². The summed E-state index contributed by atoms with van der Waals surface area (Å²) in [5.74, 6) is 0.200. The maximum atomic E-state index is 13.4. The second-order valence-corrected chi connectivity index (χ2v) is 11.4. The first-order chi connectivity index (χ1) is 19.3. The topological polar surface area (TPSA) is 95.2 Å². The quantitative estimate of drug-likeness (QED) is 0.183. The molecule has 1 unspecified atom stereocenters. The van der Waals surface area contributed by atoms with Gasteiger partial charge >= 0.3 is 0 Å². The van der Waals surface area contributed by atoms with E-state index >= 15 is 0 Å². The van der Waals surface area contributed by atoms with Gasteiger partial charge in [0.2, 0.25) is 0 Å². The van der Waals surface area contributed by atoms with Crippen LogP contribution in [0.15, 0.2) is 124 Å². The summed E-state index contributed by atoms with van der Waals surface area (Å²) in [5, 5.41) is 16.1. The van der Waals surface area contributed by atoms with Gasteiger partial charge in [-0.05, 0) is 59.7 Å². The van der Waals surface area contributed by atoms with Crippen molar-refractivity contribution in [2.24, 2.45) is 9.50 Å². The van der Waals surface area contributed by atoms with E-state index in [0.717, 1.165) is 11.1 Å². The van der Waals surface area contributed by atoms with Gasteiger partial charge in [-0.2, -0.15) is 13.5 Å². The number of para-hydroxylation sites is 1. The number of sulfonamides is 1. The molecule has 10 heteroatoms. The zero-order chi connectivity index (χ0) is 28.1. The lowest BCUT2D eigenvalue weighted by Crippen LogP contribution is -2.36. The maximum Gasteiger partial charge on any atom is 0.284 e. The highest BCUT2D eigenvalue weighted by atomic mass is 35.5. The SMILES string of the molecule is N=C(COc1ccccc1)/C(=N\S(=O)(=O)c1ccc(Cl)cc1)N1CC(c2ccccc2)C(c2ccc(Cl)cc2)=N1. The third-order valence-corrected chi connectivity index (χ3v) is 8.00. The Kier molecular flexibility index (Phi) is 8.30. The van der Waals surface area contributed by atoms with Crippen LogP contribution in [-0.2, 0) is 10.0 Å². The van der Waals surface area contributed by atoms with E-state index in [1.54, 1.807) is 24.3 Å². The molecule has 1 heterocycles. The van der Waals surface area contributed by atoms with Crippen LogP contribution in [0.25, 0.3) is 0 Å². The molecular formula is C30H24Cl2N4O3S. The minimum Gasteiger partial charge on any atom is -0.487 e. The van der Waals surface area contributed by atoms with Gasteiger partial charge in [-0.3, -0.25) is 5.41 Å². The number of rotatable bonds is 8. The van der Waals surface area contributed by atoms with Crippen molar-refractivity contribution >= 4 is 50.5 Å². The monoisotopic (exact) mass is 590 g/mol. The summed E-state index contributed by atoms with van der Waals surface area (Å²) in [4.78, 5) is -0.0492. The summed E-state index contributed by atoms with van der Waals surface area (Å²) >= 11 is 12.1. The Labute approximate surface area is 242 Å². The lowest BCUT2D eigenvalue weighted by Gasteiger charge is -2.19. The number of ether oxygens (including phenoxy) is 1. The Hall–Kier alpha value is -3.98. The summed E-state index contributed by atoms with van der Waals surface area (Å²) in [7, 11) is -4.21. The number of benzene rings is 4. The van der Waals surface area contributed by atoms with Gasteiger partial charge < -0.3 is 4.74 Å². The fourth-order valence-electron chi connectivity index (χ4n) is 4.23. The molecule has 0 saturated carbocycles. The molecule has 202 valence electrons. The van der Waals surface area contributed by atoms with Crippen LogP contribution < -0.4 is 4.74 Å². The summed E-state index contributed by atoms with van der Waals surface area (Å²) in [6.45, 7) is 0.0575. The van der Waals surface area contributed by atoms with Crippen LogP contribution in [-0.4, -0.2) is 43.8 Å². The van der Waals surface area contributed by atoms with Gasteiger partial charge in [-0.25, -0.2) is 5.01 Å². The molecule has 0 aliphatic carbocycles. The molecule has 0 spiro atoms. The number of hydrazone groups is 1. The second-order valence-electron chi connectivity index (χ2n) is 8.96. The van der Waals surface area contributed by atoms with Gasteiger partial charge in [0.15, 0.2) is 5.84 Å². The molecule has 1 atom stereocenters. The molecule has 7 nitrogen and oxygen atoms in total. The van der Waals surface area contributed by atoms with Crippen LogP contribution in [0.5, 0.6) is 5.75 Å². The Morgan fingerprint density at radius 2 is 1.45 bits per heavy atom. The molecule has 1 aliphatic rings. The van der Waals surface area contributed by atoms with Gasteiger partial charge in [-0.1, -0.05) is 83.9 Å². The van der Waals surface area contributed by atoms with Crippen LogP contribution in [0.2, 0.25) is 10.0 Å². The fraction of sp³-hybridized carbons (Fsp3) is 0.100. The zero-order valence-corrected chi connectivity index (χ0v) is 23.4. The van der Waals surface area contributed by atoms with Crippen LogP contribution in [0.4, 0.5) is 0 Å². The van der Waals surface area contributed by atoms with Crippen molar-refractivity contribution in [2.45, 2.75) is 10.8 Å². The molecule has 1 aliphatic heterocycles. The van der Waals surface area contributed by atoms with E-state index in [1.807, 2.05) is 60.7 Å². The summed E-state index contributed by atoms with van der Waals surface area (Å²) in [5.41, 5.74) is 2.38. The van der Waals surface area contributed by atoms with Crippen molar-refractivity contribution in [3.05, 3.63) is 130 Å². The summed E-state index contributed by atoms with van der Waals surface area (Å²) < 4.78 is 36.6. The number of nitrogens with zero attached hydrogens (tertiary/aromatic N) is 3.